The quantitative estimate of drug-likeness (QED) is 0.894. The topological polar surface area (TPSA) is 49.4 Å². The first-order chi connectivity index (χ1) is 9.54. The molecule has 20 heavy (non-hydrogen) atoms. The second kappa shape index (κ2) is 6.45. The van der Waals surface area contributed by atoms with Crippen molar-refractivity contribution in [1.82, 2.24) is 10.2 Å². The first kappa shape index (κ1) is 15.1. The van der Waals surface area contributed by atoms with Gasteiger partial charge in [-0.2, -0.15) is 0 Å². The molecule has 0 radical (unpaired) electrons. The zero-order chi connectivity index (χ0) is 14.7. The molecule has 1 heterocycles. The number of hydrogen-bond acceptors (Lipinski definition) is 3. The average Bonchev–Trinajstić information content (AvgIpc) is 2.72. The predicted molar refractivity (Wildman–Crippen MR) is 77.0 cm³/mol. The van der Waals surface area contributed by atoms with Gasteiger partial charge in [0.25, 0.3) is 0 Å². The van der Waals surface area contributed by atoms with Crippen LogP contribution in [0.1, 0.15) is 25.6 Å². The van der Waals surface area contributed by atoms with Crippen molar-refractivity contribution in [1.29, 1.82) is 0 Å². The van der Waals surface area contributed by atoms with Gasteiger partial charge >= 0.3 is 0 Å². The molecule has 1 aromatic rings. The molecule has 0 saturated carbocycles. The molecule has 0 spiro atoms. The molecule has 1 fully saturated rings. The van der Waals surface area contributed by atoms with Crippen molar-refractivity contribution in [2.75, 3.05) is 18.1 Å². The molecule has 1 aliphatic rings. The second-order valence-electron chi connectivity index (χ2n) is 4.78. The Kier molecular flexibility index (Phi) is 4.88. The lowest BCUT2D eigenvalue weighted by Gasteiger charge is -2.24. The van der Waals surface area contributed by atoms with Crippen LogP contribution in [0.15, 0.2) is 24.3 Å². The summed E-state index contributed by atoms with van der Waals surface area (Å²) in [6.07, 6.45) is -0.479. The van der Waals surface area contributed by atoms with Crippen LogP contribution < -0.4 is 5.32 Å². The standard InChI is InChI=1S/C14H19FN2O2S/c1-3-20(19)9-8-17-13(16-10(2)14(17)18)11-6-4-5-7-12(11)15/h4-7,10,13,16H,3,8-9H2,1-2H3. The Morgan fingerprint density at radius 1 is 1.40 bits per heavy atom. The molecule has 0 bridgehead atoms. The van der Waals surface area contributed by atoms with Crippen LogP contribution in [0.25, 0.3) is 0 Å². The third-order valence-electron chi connectivity index (χ3n) is 3.45. The van der Waals surface area contributed by atoms with E-state index in [1.807, 2.05) is 6.92 Å². The Bertz CT molecular complexity index is 524. The molecule has 3 atom stereocenters. The smallest absolute Gasteiger partial charge is 0.241 e. The van der Waals surface area contributed by atoms with Crippen LogP contribution in [0.2, 0.25) is 0 Å². The van der Waals surface area contributed by atoms with Crippen LogP contribution in [0.3, 0.4) is 0 Å². The Hall–Kier alpha value is -1.27. The van der Waals surface area contributed by atoms with Gasteiger partial charge in [0, 0.05) is 34.4 Å². The summed E-state index contributed by atoms with van der Waals surface area (Å²) >= 11 is 0. The molecule has 0 aliphatic carbocycles. The zero-order valence-electron chi connectivity index (χ0n) is 11.6. The van der Waals surface area contributed by atoms with Crippen molar-refractivity contribution in [2.24, 2.45) is 0 Å². The summed E-state index contributed by atoms with van der Waals surface area (Å²) in [5.74, 6) is 0.566. The van der Waals surface area contributed by atoms with Crippen molar-refractivity contribution in [3.05, 3.63) is 35.6 Å². The van der Waals surface area contributed by atoms with E-state index < -0.39 is 17.0 Å². The molecular weight excluding hydrogens is 279 g/mol. The van der Waals surface area contributed by atoms with E-state index in [9.17, 15) is 13.4 Å². The first-order valence-corrected chi connectivity index (χ1v) is 8.19. The average molecular weight is 298 g/mol. The van der Waals surface area contributed by atoms with Gasteiger partial charge in [0.15, 0.2) is 0 Å². The minimum atomic E-state index is -0.941. The van der Waals surface area contributed by atoms with Gasteiger partial charge in [-0.05, 0) is 13.0 Å². The first-order valence-electron chi connectivity index (χ1n) is 6.70. The second-order valence-corrected chi connectivity index (χ2v) is 6.64. The van der Waals surface area contributed by atoms with Crippen LogP contribution in [-0.4, -0.2) is 39.1 Å². The SMILES string of the molecule is CCS(=O)CCN1C(=O)C(C)NC1c1ccccc1F. The summed E-state index contributed by atoms with van der Waals surface area (Å²) in [5, 5.41) is 3.09. The van der Waals surface area contributed by atoms with Gasteiger partial charge < -0.3 is 4.90 Å². The number of carbonyl (C=O) groups is 1. The van der Waals surface area contributed by atoms with Crippen LogP contribution >= 0.6 is 0 Å². The fourth-order valence-corrected chi connectivity index (χ4v) is 3.00. The Balaban J connectivity index is 2.20. The maximum absolute atomic E-state index is 13.9. The van der Waals surface area contributed by atoms with Crippen LogP contribution in [0, 0.1) is 5.82 Å². The summed E-state index contributed by atoms with van der Waals surface area (Å²) in [7, 11) is -0.941. The maximum atomic E-state index is 13.9. The Labute approximate surface area is 120 Å². The number of nitrogens with zero attached hydrogens (tertiary/aromatic N) is 1. The van der Waals surface area contributed by atoms with Gasteiger partial charge in [-0.15, -0.1) is 0 Å². The number of halogens is 1. The van der Waals surface area contributed by atoms with Gasteiger partial charge in [0.2, 0.25) is 5.91 Å². The minimum absolute atomic E-state index is 0.0774. The van der Waals surface area contributed by atoms with E-state index in [1.165, 1.54) is 6.07 Å². The van der Waals surface area contributed by atoms with Gasteiger partial charge in [0.1, 0.15) is 12.0 Å². The molecule has 4 nitrogen and oxygen atoms in total. The van der Waals surface area contributed by atoms with Gasteiger partial charge in [0.05, 0.1) is 6.04 Å². The van der Waals surface area contributed by atoms with Crippen molar-refractivity contribution < 1.29 is 13.4 Å². The third kappa shape index (κ3) is 3.07. The molecule has 1 saturated heterocycles. The van der Waals surface area contributed by atoms with E-state index in [4.69, 9.17) is 0 Å². The van der Waals surface area contributed by atoms with Crippen molar-refractivity contribution in [3.63, 3.8) is 0 Å². The lowest BCUT2D eigenvalue weighted by molar-refractivity contribution is -0.129. The van der Waals surface area contributed by atoms with E-state index in [1.54, 1.807) is 30.0 Å². The van der Waals surface area contributed by atoms with E-state index in [-0.39, 0.29) is 17.8 Å². The van der Waals surface area contributed by atoms with Crippen molar-refractivity contribution in [3.8, 4) is 0 Å². The van der Waals surface area contributed by atoms with Crippen LogP contribution in [0.4, 0.5) is 4.39 Å². The van der Waals surface area contributed by atoms with E-state index in [0.29, 0.717) is 23.6 Å². The molecule has 1 aromatic carbocycles. The highest BCUT2D eigenvalue weighted by atomic mass is 32.2. The molecule has 2 rings (SSSR count). The van der Waals surface area contributed by atoms with Crippen molar-refractivity contribution in [2.45, 2.75) is 26.1 Å². The molecule has 110 valence electrons. The molecule has 6 heteroatoms. The minimum Gasteiger partial charge on any atom is -0.321 e. The highest BCUT2D eigenvalue weighted by Gasteiger charge is 2.37. The summed E-state index contributed by atoms with van der Waals surface area (Å²) < 4.78 is 25.4. The van der Waals surface area contributed by atoms with Gasteiger partial charge in [-0.1, -0.05) is 25.1 Å². The van der Waals surface area contributed by atoms with E-state index in [0.717, 1.165) is 0 Å². The van der Waals surface area contributed by atoms with Crippen LogP contribution in [-0.2, 0) is 15.6 Å². The lowest BCUT2D eigenvalue weighted by atomic mass is 10.1. The Morgan fingerprint density at radius 3 is 2.75 bits per heavy atom. The van der Waals surface area contributed by atoms with Gasteiger partial charge in [-0.25, -0.2) is 4.39 Å². The zero-order valence-corrected chi connectivity index (χ0v) is 12.5. The molecule has 0 aromatic heterocycles. The number of benzene rings is 1. The fraction of sp³-hybridized carbons (Fsp3) is 0.500. The van der Waals surface area contributed by atoms with E-state index >= 15 is 0 Å². The van der Waals surface area contributed by atoms with E-state index in [2.05, 4.69) is 5.32 Å². The molecule has 3 unspecified atom stereocenters. The number of carbonyl (C=O) groups excluding carboxylic acids is 1. The predicted octanol–water partition coefficient (Wildman–Crippen LogP) is 1.41. The summed E-state index contributed by atoms with van der Waals surface area (Å²) in [6.45, 7) is 3.97. The molecule has 1 N–H and O–H groups in total. The third-order valence-corrected chi connectivity index (χ3v) is 4.74. The summed E-state index contributed by atoms with van der Waals surface area (Å²) in [6, 6.07) is 6.06. The highest BCUT2D eigenvalue weighted by Crippen LogP contribution is 2.26. The number of hydrogen-bond donors (Lipinski definition) is 1. The van der Waals surface area contributed by atoms with Gasteiger partial charge in [-0.3, -0.25) is 14.3 Å². The highest BCUT2D eigenvalue weighted by molar-refractivity contribution is 7.84. The Morgan fingerprint density at radius 2 is 2.10 bits per heavy atom. The normalized spacial score (nSPS) is 24.1. The molecular formula is C14H19FN2O2S. The fourth-order valence-electron chi connectivity index (χ4n) is 2.31. The lowest BCUT2D eigenvalue weighted by Crippen LogP contribution is -2.34. The summed E-state index contributed by atoms with van der Waals surface area (Å²) in [5.41, 5.74) is 0.451. The largest absolute Gasteiger partial charge is 0.321 e. The number of rotatable bonds is 5. The van der Waals surface area contributed by atoms with Crippen molar-refractivity contribution >= 4 is 16.7 Å². The number of nitrogens with one attached hydrogen (secondary N) is 1. The number of amides is 1. The molecule has 1 amide bonds. The van der Waals surface area contributed by atoms with Crippen LogP contribution in [0.5, 0.6) is 0 Å². The molecule has 1 aliphatic heterocycles. The maximum Gasteiger partial charge on any atom is 0.241 e. The summed E-state index contributed by atoms with van der Waals surface area (Å²) in [4.78, 5) is 13.7. The monoisotopic (exact) mass is 298 g/mol.